The molecule has 1 atom stereocenters. The van der Waals surface area contributed by atoms with E-state index in [0.29, 0.717) is 35.4 Å². The summed E-state index contributed by atoms with van der Waals surface area (Å²) in [5.41, 5.74) is 15.3. The zero-order chi connectivity index (χ0) is 22.7. The number of nitriles is 1. The van der Waals surface area contributed by atoms with Crippen LogP contribution in [-0.4, -0.2) is 29.9 Å². The fourth-order valence-electron chi connectivity index (χ4n) is 4.70. The van der Waals surface area contributed by atoms with Gasteiger partial charge in [0.15, 0.2) is 11.6 Å². The molecule has 2 aromatic rings. The number of ketones is 1. The lowest BCUT2D eigenvalue weighted by molar-refractivity contribution is -0.118. The predicted octanol–water partition coefficient (Wildman–Crippen LogP) is 3.33. The molecule has 0 fully saturated rings. The molecule has 1 aliphatic heterocycles. The zero-order valence-corrected chi connectivity index (χ0v) is 18.0. The number of hydrazine groups is 1. The molecule has 0 saturated carbocycles. The first kappa shape index (κ1) is 20.8. The topological polar surface area (TPSA) is 112 Å². The highest BCUT2D eigenvalue weighted by atomic mass is 19.1. The van der Waals surface area contributed by atoms with Crippen molar-refractivity contribution in [3.63, 3.8) is 0 Å². The normalized spacial score (nSPS) is 19.8. The number of Topliss-reactive ketones (excluding diaryl/α,β-unsaturated/α-hetero) is 1. The maximum absolute atomic E-state index is 13.7. The molecule has 8 heteroatoms. The number of benzene rings is 1. The summed E-state index contributed by atoms with van der Waals surface area (Å²) >= 11 is 0. The first-order chi connectivity index (χ1) is 14.6. The first-order valence-electron chi connectivity index (χ1n) is 10.0. The number of rotatable bonds is 2. The van der Waals surface area contributed by atoms with Gasteiger partial charge in [0.2, 0.25) is 0 Å². The van der Waals surface area contributed by atoms with Crippen LogP contribution in [0.4, 0.5) is 21.7 Å². The molecular formula is C23H25FN6O. The van der Waals surface area contributed by atoms with Crippen molar-refractivity contribution in [2.24, 2.45) is 5.41 Å². The summed E-state index contributed by atoms with van der Waals surface area (Å²) in [5, 5.41) is 13.3. The summed E-state index contributed by atoms with van der Waals surface area (Å²) in [6, 6.07) is 8.04. The Bertz CT molecular complexity index is 1160. The summed E-state index contributed by atoms with van der Waals surface area (Å²) in [7, 11) is 3.70. The molecule has 4 N–H and O–H groups in total. The number of hydrogen-bond acceptors (Lipinski definition) is 7. The number of pyridine rings is 1. The third-order valence-corrected chi connectivity index (χ3v) is 5.93. The van der Waals surface area contributed by atoms with Gasteiger partial charge >= 0.3 is 0 Å². The molecule has 0 radical (unpaired) electrons. The van der Waals surface area contributed by atoms with Crippen LogP contribution >= 0.6 is 0 Å². The van der Waals surface area contributed by atoms with Crippen molar-refractivity contribution in [3.05, 3.63) is 58.0 Å². The number of fused-ring (bicyclic) bond motifs is 1. The molecule has 1 aliphatic carbocycles. The highest BCUT2D eigenvalue weighted by Gasteiger charge is 2.46. The van der Waals surface area contributed by atoms with Gasteiger partial charge in [-0.05, 0) is 29.5 Å². The van der Waals surface area contributed by atoms with Crippen molar-refractivity contribution < 1.29 is 9.18 Å². The van der Waals surface area contributed by atoms with Crippen molar-refractivity contribution in [2.45, 2.75) is 32.6 Å². The van der Waals surface area contributed by atoms with E-state index in [1.165, 1.54) is 12.1 Å². The molecule has 160 valence electrons. The van der Waals surface area contributed by atoms with Crippen molar-refractivity contribution >= 4 is 23.1 Å². The van der Waals surface area contributed by atoms with Gasteiger partial charge in [-0.2, -0.15) is 5.26 Å². The number of carbonyl (C=O) groups is 1. The third kappa shape index (κ3) is 3.22. The number of allylic oxidation sites excluding steroid dienone is 2. The van der Waals surface area contributed by atoms with Gasteiger partial charge in [0.1, 0.15) is 23.3 Å². The lowest BCUT2D eigenvalue weighted by Crippen LogP contribution is -2.46. The van der Waals surface area contributed by atoms with E-state index >= 15 is 0 Å². The molecule has 4 rings (SSSR count). The number of nitrogens with two attached hydrogens (primary N) is 2. The Morgan fingerprint density at radius 1 is 1.23 bits per heavy atom. The van der Waals surface area contributed by atoms with Crippen LogP contribution in [0.3, 0.4) is 0 Å². The van der Waals surface area contributed by atoms with Crippen LogP contribution in [0.2, 0.25) is 0 Å². The molecule has 2 aliphatic rings. The van der Waals surface area contributed by atoms with E-state index in [1.807, 2.05) is 30.2 Å². The first-order valence-corrected chi connectivity index (χ1v) is 10.0. The number of nitrogens with zero attached hydrogens (tertiary/aromatic N) is 4. The Morgan fingerprint density at radius 2 is 1.87 bits per heavy atom. The minimum absolute atomic E-state index is 0.00723. The van der Waals surface area contributed by atoms with Crippen LogP contribution in [0, 0.1) is 22.6 Å². The Labute approximate surface area is 180 Å². The minimum Gasteiger partial charge on any atom is -0.397 e. The van der Waals surface area contributed by atoms with E-state index in [0.717, 1.165) is 5.70 Å². The van der Waals surface area contributed by atoms with Crippen molar-refractivity contribution in [1.29, 1.82) is 5.26 Å². The van der Waals surface area contributed by atoms with Gasteiger partial charge < -0.3 is 11.5 Å². The lowest BCUT2D eigenvalue weighted by Gasteiger charge is -2.46. The Morgan fingerprint density at radius 3 is 2.45 bits per heavy atom. The van der Waals surface area contributed by atoms with Crippen LogP contribution in [0.1, 0.15) is 49.3 Å². The molecule has 7 nitrogen and oxygen atoms in total. The number of halogens is 1. The monoisotopic (exact) mass is 420 g/mol. The average molecular weight is 420 g/mol. The van der Waals surface area contributed by atoms with Crippen LogP contribution in [0.15, 0.2) is 35.5 Å². The fourth-order valence-corrected chi connectivity index (χ4v) is 4.70. The van der Waals surface area contributed by atoms with E-state index in [4.69, 9.17) is 11.5 Å². The van der Waals surface area contributed by atoms with E-state index < -0.39 is 5.92 Å². The largest absolute Gasteiger partial charge is 0.397 e. The van der Waals surface area contributed by atoms with Gasteiger partial charge in [0.25, 0.3) is 0 Å². The number of hydrogen-bond donors (Lipinski definition) is 2. The van der Waals surface area contributed by atoms with Crippen LogP contribution in [0.5, 0.6) is 0 Å². The smallest absolute Gasteiger partial charge is 0.162 e. The lowest BCUT2D eigenvalue weighted by atomic mass is 9.68. The van der Waals surface area contributed by atoms with Crippen LogP contribution in [-0.2, 0) is 4.79 Å². The summed E-state index contributed by atoms with van der Waals surface area (Å²) in [6.45, 7) is 4.11. The number of anilines is 3. The zero-order valence-electron chi connectivity index (χ0n) is 18.0. The van der Waals surface area contributed by atoms with Gasteiger partial charge in [-0.15, -0.1) is 0 Å². The van der Waals surface area contributed by atoms with Crippen LogP contribution < -0.4 is 16.5 Å². The summed E-state index contributed by atoms with van der Waals surface area (Å²) in [5.74, 6) is -0.411. The number of carbonyl (C=O) groups excluding carboxylic acids is 1. The quantitative estimate of drug-likeness (QED) is 0.766. The molecule has 0 bridgehead atoms. The highest BCUT2D eigenvalue weighted by molar-refractivity contribution is 6.02. The summed E-state index contributed by atoms with van der Waals surface area (Å²) < 4.78 is 13.7. The number of aromatic nitrogens is 1. The summed E-state index contributed by atoms with van der Waals surface area (Å²) in [6.07, 6.45) is 1.03. The van der Waals surface area contributed by atoms with E-state index in [9.17, 15) is 14.4 Å². The molecule has 1 aromatic heterocycles. The Hall–Kier alpha value is -3.44. The molecule has 31 heavy (non-hydrogen) atoms. The number of nitrogen functional groups attached to an aromatic ring is 2. The average Bonchev–Trinajstić information content (AvgIpc) is 2.66. The second kappa shape index (κ2) is 7.06. The fraction of sp³-hybridized carbons (Fsp3) is 0.348. The Kier molecular flexibility index (Phi) is 4.74. The molecule has 2 heterocycles. The maximum atomic E-state index is 13.7. The highest BCUT2D eigenvalue weighted by Crippen LogP contribution is 2.53. The molecule has 0 unspecified atom stereocenters. The third-order valence-electron chi connectivity index (χ3n) is 5.93. The second-order valence-electron chi connectivity index (χ2n) is 9.08. The van der Waals surface area contributed by atoms with E-state index in [2.05, 4.69) is 18.8 Å². The molecule has 0 spiro atoms. The Balaban J connectivity index is 2.12. The van der Waals surface area contributed by atoms with Crippen molar-refractivity contribution in [2.75, 3.05) is 30.6 Å². The standard InChI is InChI=1S/C23H25FN6O/c1-23(2)9-15-18(16(31)10-23)17(12-5-7-13(24)8-6-12)19-20(26)14(11-25)21(27)28-22(19)30(15)29(3)4/h5-8,17H,9-10H2,1-4H3,(H4,26,27,28)/t17-/m1/s1. The van der Waals surface area contributed by atoms with Gasteiger partial charge in [-0.25, -0.2) is 14.4 Å². The van der Waals surface area contributed by atoms with E-state index in [-0.39, 0.29) is 34.1 Å². The van der Waals surface area contributed by atoms with Gasteiger partial charge in [-0.1, -0.05) is 26.0 Å². The van der Waals surface area contributed by atoms with Crippen molar-refractivity contribution in [1.82, 2.24) is 9.99 Å². The van der Waals surface area contributed by atoms with E-state index in [1.54, 1.807) is 12.1 Å². The predicted molar refractivity (Wildman–Crippen MR) is 117 cm³/mol. The molecule has 0 amide bonds. The van der Waals surface area contributed by atoms with Gasteiger partial charge in [0, 0.05) is 43.3 Å². The van der Waals surface area contributed by atoms with Crippen molar-refractivity contribution in [3.8, 4) is 6.07 Å². The molecule has 1 aromatic carbocycles. The SMILES string of the molecule is CN(C)N1C2=C(C(=O)CC(C)(C)C2)[C@@H](c2ccc(F)cc2)c2c1nc(N)c(C#N)c2N. The van der Waals surface area contributed by atoms with Gasteiger partial charge in [-0.3, -0.25) is 9.80 Å². The molecule has 0 saturated heterocycles. The summed E-state index contributed by atoms with van der Waals surface area (Å²) in [4.78, 5) is 18.0. The maximum Gasteiger partial charge on any atom is 0.162 e. The van der Waals surface area contributed by atoms with Gasteiger partial charge in [0.05, 0.1) is 5.69 Å². The minimum atomic E-state index is -0.564. The van der Waals surface area contributed by atoms with Crippen LogP contribution in [0.25, 0.3) is 0 Å². The second-order valence-corrected chi connectivity index (χ2v) is 9.08. The molecular weight excluding hydrogens is 395 g/mol.